The molecule has 1 amide bonds. The number of ether oxygens (including phenoxy) is 1. The number of hydrogen-bond donors (Lipinski definition) is 1. The van der Waals surface area contributed by atoms with Gasteiger partial charge in [0.15, 0.2) is 5.17 Å². The van der Waals surface area contributed by atoms with Gasteiger partial charge in [-0.15, -0.1) is 0 Å². The second-order valence-corrected chi connectivity index (χ2v) is 14.5. The van der Waals surface area contributed by atoms with Crippen LogP contribution in [0.4, 0.5) is 0 Å². The van der Waals surface area contributed by atoms with Crippen molar-refractivity contribution in [2.45, 2.75) is 90.7 Å². The van der Waals surface area contributed by atoms with Gasteiger partial charge in [0.2, 0.25) is 0 Å². The maximum absolute atomic E-state index is 12.1. The van der Waals surface area contributed by atoms with Crippen LogP contribution < -0.4 is 4.74 Å². The third-order valence-corrected chi connectivity index (χ3v) is 12.7. The minimum atomic E-state index is -0.148. The molecule has 3 saturated carbocycles. The Morgan fingerprint density at radius 1 is 1.07 bits per heavy atom. The Balaban J connectivity index is 1.17. The number of rotatable bonds is 4. The number of carbonyl (C=O) groups is 1. The zero-order valence-corrected chi connectivity index (χ0v) is 25.0. The average Bonchev–Trinajstić information content (AvgIpc) is 3.66. The summed E-state index contributed by atoms with van der Waals surface area (Å²) < 4.78 is 5.70. The van der Waals surface area contributed by atoms with Crippen LogP contribution in [0.5, 0.6) is 5.75 Å². The van der Waals surface area contributed by atoms with Crippen molar-refractivity contribution in [2.75, 3.05) is 12.4 Å². The minimum absolute atomic E-state index is 0.0613. The van der Waals surface area contributed by atoms with Gasteiger partial charge in [-0.1, -0.05) is 49.4 Å². The summed E-state index contributed by atoms with van der Waals surface area (Å²) in [5.74, 6) is 3.90. The summed E-state index contributed by atoms with van der Waals surface area (Å²) >= 11 is 1.52. The van der Waals surface area contributed by atoms with Gasteiger partial charge >= 0.3 is 0 Å². The molecular weight excluding hydrogens is 518 g/mol. The molecule has 3 fully saturated rings. The lowest BCUT2D eigenvalue weighted by Crippen LogP contribution is -2.51. The van der Waals surface area contributed by atoms with Crippen molar-refractivity contribution in [3.8, 4) is 5.75 Å². The van der Waals surface area contributed by atoms with Crippen LogP contribution in [0.2, 0.25) is 0 Å². The summed E-state index contributed by atoms with van der Waals surface area (Å²) in [6.07, 6.45) is 12.5. The van der Waals surface area contributed by atoms with E-state index in [-0.39, 0.29) is 28.9 Å². The molecule has 1 unspecified atom stereocenters. The van der Waals surface area contributed by atoms with Crippen molar-refractivity contribution in [1.82, 2.24) is 5.01 Å². The molecule has 1 aromatic carbocycles. The number of aliphatic hydroxyl groups excluding tert-OH is 1. The van der Waals surface area contributed by atoms with E-state index < -0.39 is 0 Å². The fourth-order valence-corrected chi connectivity index (χ4v) is 10.5. The number of hydrazone groups is 1. The van der Waals surface area contributed by atoms with Crippen molar-refractivity contribution < 1.29 is 14.6 Å². The highest BCUT2D eigenvalue weighted by Crippen LogP contribution is 2.67. The van der Waals surface area contributed by atoms with Gasteiger partial charge in [0.05, 0.1) is 24.5 Å². The van der Waals surface area contributed by atoms with E-state index in [1.807, 2.05) is 19.1 Å². The Morgan fingerprint density at radius 3 is 2.65 bits per heavy atom. The topological polar surface area (TPSA) is 74.5 Å². The third-order valence-electron chi connectivity index (χ3n) is 11.7. The number of nitrogens with zero attached hydrogens (tertiary/aromatic N) is 3. The fourth-order valence-electron chi connectivity index (χ4n) is 9.74. The van der Waals surface area contributed by atoms with Crippen LogP contribution >= 0.6 is 11.8 Å². The molecule has 214 valence electrons. The Morgan fingerprint density at radius 2 is 1.90 bits per heavy atom. The Labute approximate surface area is 242 Å². The summed E-state index contributed by atoms with van der Waals surface area (Å²) in [5.41, 5.74) is 4.58. The molecule has 0 radical (unpaired) electrons. The fraction of sp³-hybridized carbons (Fsp3) is 0.667. The van der Waals surface area contributed by atoms with Crippen molar-refractivity contribution >= 4 is 28.5 Å². The number of hydrogen-bond acceptors (Lipinski definition) is 6. The van der Waals surface area contributed by atoms with Crippen LogP contribution in [-0.2, 0) is 4.79 Å². The second-order valence-electron chi connectivity index (χ2n) is 13.6. The van der Waals surface area contributed by atoms with E-state index in [9.17, 15) is 9.90 Å². The van der Waals surface area contributed by atoms with Crippen LogP contribution in [0.3, 0.4) is 0 Å². The van der Waals surface area contributed by atoms with E-state index in [1.54, 1.807) is 5.57 Å². The van der Waals surface area contributed by atoms with Crippen LogP contribution in [-0.4, -0.2) is 45.4 Å². The monoisotopic (exact) mass is 561 g/mol. The van der Waals surface area contributed by atoms with E-state index in [1.165, 1.54) is 55.1 Å². The molecule has 0 spiro atoms. The number of amides is 1. The molecule has 2 aliphatic heterocycles. The minimum Gasteiger partial charge on any atom is -0.494 e. The lowest BCUT2D eigenvalue weighted by molar-refractivity contribution is -0.115. The van der Waals surface area contributed by atoms with E-state index in [0.717, 1.165) is 54.4 Å². The molecule has 7 rings (SSSR count). The number of aliphatic imine (C=N–C) groups is 1. The molecule has 1 N–H and O–H groups in total. The molecule has 0 aromatic heterocycles. The predicted molar refractivity (Wildman–Crippen MR) is 160 cm³/mol. The Bertz CT molecular complexity index is 1270. The van der Waals surface area contributed by atoms with Crippen molar-refractivity contribution in [3.05, 3.63) is 41.5 Å². The molecule has 6 nitrogen and oxygen atoms in total. The van der Waals surface area contributed by atoms with Crippen molar-refractivity contribution in [2.24, 2.45) is 44.6 Å². The predicted octanol–water partition coefficient (Wildman–Crippen LogP) is 6.76. The SMILES string of the molecule is CCOc1ccc(C2CC([C@H]3CC[C@H]4[C@@H]5CC=C6C[C@@H](O)CC[C@]6(C)[C@H]5CC[C@]34C)=NN2C2=NC(=O)CS2)cc1. The first-order chi connectivity index (χ1) is 19.3. The molecule has 0 saturated heterocycles. The quantitative estimate of drug-likeness (QED) is 0.411. The summed E-state index contributed by atoms with van der Waals surface area (Å²) in [6.45, 7) is 7.74. The maximum atomic E-state index is 12.1. The average molecular weight is 562 g/mol. The number of benzene rings is 1. The summed E-state index contributed by atoms with van der Waals surface area (Å²) in [5, 5.41) is 18.5. The van der Waals surface area contributed by atoms with E-state index in [0.29, 0.717) is 18.3 Å². The number of carbonyl (C=O) groups excluding carboxylic acids is 1. The third kappa shape index (κ3) is 4.21. The lowest BCUT2D eigenvalue weighted by atomic mass is 9.47. The van der Waals surface area contributed by atoms with E-state index in [2.05, 4.69) is 42.1 Å². The summed E-state index contributed by atoms with van der Waals surface area (Å²) in [7, 11) is 0. The highest BCUT2D eigenvalue weighted by Gasteiger charge is 2.60. The molecule has 2 heterocycles. The molecular formula is C33H43N3O3S. The number of fused-ring (bicyclic) bond motifs is 5. The number of allylic oxidation sites excluding steroid dienone is 1. The molecule has 1 aromatic rings. The van der Waals surface area contributed by atoms with Crippen molar-refractivity contribution in [1.29, 1.82) is 0 Å². The van der Waals surface area contributed by atoms with Crippen LogP contribution in [0, 0.1) is 34.5 Å². The number of thioether (sulfide) groups is 1. The zero-order valence-electron chi connectivity index (χ0n) is 24.1. The van der Waals surface area contributed by atoms with Gasteiger partial charge in [-0.2, -0.15) is 10.1 Å². The number of aliphatic hydroxyl groups is 1. The van der Waals surface area contributed by atoms with Crippen LogP contribution in [0.25, 0.3) is 0 Å². The highest BCUT2D eigenvalue weighted by molar-refractivity contribution is 8.14. The van der Waals surface area contributed by atoms with Gasteiger partial charge in [-0.3, -0.25) is 4.79 Å². The Hall–Kier alpha value is -2.12. The zero-order chi connectivity index (χ0) is 27.6. The second kappa shape index (κ2) is 10.0. The molecule has 4 aliphatic carbocycles. The van der Waals surface area contributed by atoms with Gasteiger partial charge in [-0.25, -0.2) is 5.01 Å². The normalized spacial score (nSPS) is 40.6. The highest BCUT2D eigenvalue weighted by atomic mass is 32.2. The first-order valence-electron chi connectivity index (χ1n) is 15.5. The molecule has 7 heteroatoms. The molecule has 6 aliphatic rings. The van der Waals surface area contributed by atoms with Gasteiger partial charge in [0, 0.05) is 18.1 Å². The largest absolute Gasteiger partial charge is 0.494 e. The van der Waals surface area contributed by atoms with Gasteiger partial charge in [-0.05, 0) is 105 Å². The van der Waals surface area contributed by atoms with Gasteiger partial charge in [0.1, 0.15) is 5.75 Å². The van der Waals surface area contributed by atoms with Gasteiger partial charge in [0.25, 0.3) is 5.91 Å². The van der Waals surface area contributed by atoms with E-state index in [4.69, 9.17) is 9.84 Å². The lowest BCUT2D eigenvalue weighted by Gasteiger charge is -2.58. The summed E-state index contributed by atoms with van der Waals surface area (Å²) in [4.78, 5) is 16.5. The van der Waals surface area contributed by atoms with Crippen LogP contribution in [0.1, 0.15) is 90.2 Å². The van der Waals surface area contributed by atoms with Crippen molar-refractivity contribution in [3.63, 3.8) is 0 Å². The van der Waals surface area contributed by atoms with Gasteiger partial charge < -0.3 is 9.84 Å². The first kappa shape index (κ1) is 26.8. The Kier molecular flexibility index (Phi) is 6.69. The maximum Gasteiger partial charge on any atom is 0.258 e. The van der Waals surface area contributed by atoms with Crippen LogP contribution in [0.15, 0.2) is 46.0 Å². The molecule has 8 atom stereocenters. The summed E-state index contributed by atoms with van der Waals surface area (Å²) in [6, 6.07) is 8.47. The van der Waals surface area contributed by atoms with E-state index >= 15 is 0 Å². The number of amidine groups is 1. The molecule has 40 heavy (non-hydrogen) atoms. The first-order valence-corrected chi connectivity index (χ1v) is 16.5. The standard InChI is InChI=1S/C33H43N3O3S/c1-4-39-23-8-5-20(6-9-23)29-18-28(35-36(29)31-34-30(38)19-40-31)27-12-11-25-24-10-7-21-17-22(37)13-15-32(21,2)26(24)14-16-33(25,27)3/h5-9,22,24-27,29,37H,4,10-19H2,1-3H3/t22-,24-,25-,26-,27+,29?,32-,33-/m0/s1. The smallest absolute Gasteiger partial charge is 0.258 e. The molecule has 0 bridgehead atoms.